The average molecular weight is 334 g/mol. The highest BCUT2D eigenvalue weighted by molar-refractivity contribution is 7.71. The van der Waals surface area contributed by atoms with E-state index in [0.717, 1.165) is 36.4 Å². The Kier molecular flexibility index (Phi) is 6.34. The van der Waals surface area contributed by atoms with E-state index in [1.807, 2.05) is 18.2 Å². The molecule has 0 aliphatic carbocycles. The van der Waals surface area contributed by atoms with Crippen LogP contribution in [0, 0.1) is 4.77 Å². The Balaban J connectivity index is 2.23. The van der Waals surface area contributed by atoms with Gasteiger partial charge in [-0.15, -0.1) is 0 Å². The van der Waals surface area contributed by atoms with Crippen molar-refractivity contribution in [1.29, 1.82) is 0 Å². The van der Waals surface area contributed by atoms with Crippen molar-refractivity contribution in [2.24, 2.45) is 5.10 Å². The fourth-order valence-electron chi connectivity index (χ4n) is 2.05. The molecule has 0 amide bonds. The first-order chi connectivity index (χ1) is 11.2. The second kappa shape index (κ2) is 8.47. The average Bonchev–Trinajstić information content (AvgIpc) is 2.91. The number of methoxy groups -OCH3 is 1. The van der Waals surface area contributed by atoms with E-state index in [2.05, 4.69) is 29.1 Å². The Morgan fingerprint density at radius 3 is 2.83 bits per heavy atom. The molecule has 1 N–H and O–H groups in total. The van der Waals surface area contributed by atoms with Gasteiger partial charge in [-0.3, -0.25) is 5.10 Å². The third-order valence-corrected chi connectivity index (χ3v) is 3.43. The fraction of sp³-hybridized carbons (Fsp3) is 0.438. The molecule has 0 saturated carbocycles. The van der Waals surface area contributed by atoms with Gasteiger partial charge in [0.25, 0.3) is 0 Å². The molecule has 7 heteroatoms. The maximum absolute atomic E-state index is 5.65. The summed E-state index contributed by atoms with van der Waals surface area (Å²) in [7, 11) is 1.63. The number of H-pyrrole nitrogens is 1. The summed E-state index contributed by atoms with van der Waals surface area (Å²) >= 11 is 5.21. The van der Waals surface area contributed by atoms with Gasteiger partial charge in [0.05, 0.1) is 19.9 Å². The molecule has 0 aliphatic heterocycles. The van der Waals surface area contributed by atoms with E-state index >= 15 is 0 Å². The Morgan fingerprint density at radius 1 is 1.30 bits per heavy atom. The van der Waals surface area contributed by atoms with E-state index in [4.69, 9.17) is 21.7 Å². The van der Waals surface area contributed by atoms with E-state index in [1.54, 1.807) is 18.0 Å². The summed E-state index contributed by atoms with van der Waals surface area (Å²) < 4.78 is 13.2. The molecule has 2 rings (SSSR count). The normalized spacial score (nSPS) is 11.1. The van der Waals surface area contributed by atoms with Gasteiger partial charge in [0.1, 0.15) is 0 Å². The van der Waals surface area contributed by atoms with E-state index in [-0.39, 0.29) is 0 Å². The largest absolute Gasteiger partial charge is 0.493 e. The van der Waals surface area contributed by atoms with Gasteiger partial charge in [-0.05, 0) is 48.8 Å². The lowest BCUT2D eigenvalue weighted by atomic mass is 10.2. The molecule has 0 bridgehead atoms. The second-order valence-corrected chi connectivity index (χ2v) is 5.40. The standard InChI is InChI=1S/C16H22N4O2S/c1-4-6-15-18-19-16(23)20(15)17-11-12-7-8-13(22-9-5-2)14(10-12)21-3/h7-8,10-11H,4-6,9H2,1-3H3,(H,19,23)/b17-11+. The predicted octanol–water partition coefficient (Wildman–Crippen LogP) is 3.57. The number of ether oxygens (including phenoxy) is 2. The van der Waals surface area contributed by atoms with Gasteiger partial charge in [-0.25, -0.2) is 0 Å². The lowest BCUT2D eigenvalue weighted by Gasteiger charge is -2.10. The zero-order chi connectivity index (χ0) is 16.7. The Bertz CT molecular complexity index is 721. The summed E-state index contributed by atoms with van der Waals surface area (Å²) in [6.45, 7) is 4.82. The van der Waals surface area contributed by atoms with Gasteiger partial charge >= 0.3 is 0 Å². The Morgan fingerprint density at radius 2 is 2.13 bits per heavy atom. The number of aryl methyl sites for hydroxylation is 1. The molecule has 0 aliphatic rings. The number of benzene rings is 1. The maximum atomic E-state index is 5.65. The first kappa shape index (κ1) is 17.2. The van der Waals surface area contributed by atoms with Crippen molar-refractivity contribution in [3.8, 4) is 11.5 Å². The molecule has 0 saturated heterocycles. The number of hydrogen-bond acceptors (Lipinski definition) is 5. The summed E-state index contributed by atoms with van der Waals surface area (Å²) in [5, 5.41) is 11.4. The highest BCUT2D eigenvalue weighted by Gasteiger charge is 2.06. The Labute approximate surface area is 141 Å². The van der Waals surface area contributed by atoms with Crippen molar-refractivity contribution in [2.45, 2.75) is 33.1 Å². The molecule has 0 radical (unpaired) electrons. The molecule has 0 unspecified atom stereocenters. The van der Waals surface area contributed by atoms with Crippen LogP contribution < -0.4 is 9.47 Å². The topological polar surface area (TPSA) is 64.4 Å². The minimum Gasteiger partial charge on any atom is -0.493 e. The van der Waals surface area contributed by atoms with Crippen molar-refractivity contribution < 1.29 is 9.47 Å². The van der Waals surface area contributed by atoms with Crippen molar-refractivity contribution in [2.75, 3.05) is 13.7 Å². The molecule has 0 spiro atoms. The number of rotatable bonds is 8. The number of aromatic amines is 1. The van der Waals surface area contributed by atoms with Crippen LogP contribution in [0.4, 0.5) is 0 Å². The molecular weight excluding hydrogens is 312 g/mol. The molecule has 6 nitrogen and oxygen atoms in total. The second-order valence-electron chi connectivity index (χ2n) is 5.01. The van der Waals surface area contributed by atoms with Crippen molar-refractivity contribution >= 4 is 18.4 Å². The number of hydrogen-bond donors (Lipinski definition) is 1. The van der Waals surface area contributed by atoms with Gasteiger partial charge in [0.2, 0.25) is 4.77 Å². The first-order valence-electron chi connectivity index (χ1n) is 7.71. The summed E-state index contributed by atoms with van der Waals surface area (Å²) in [5.74, 6) is 2.24. The fourth-order valence-corrected chi connectivity index (χ4v) is 2.25. The van der Waals surface area contributed by atoms with Crippen LogP contribution in [0.25, 0.3) is 0 Å². The zero-order valence-electron chi connectivity index (χ0n) is 13.7. The summed E-state index contributed by atoms with van der Waals surface area (Å²) in [6, 6.07) is 5.70. The van der Waals surface area contributed by atoms with Crippen LogP contribution in [0.3, 0.4) is 0 Å². The lowest BCUT2D eigenvalue weighted by molar-refractivity contribution is 0.294. The third kappa shape index (κ3) is 4.41. The van der Waals surface area contributed by atoms with Crippen LogP contribution in [0.15, 0.2) is 23.3 Å². The molecule has 0 atom stereocenters. The summed E-state index contributed by atoms with van der Waals surface area (Å²) in [4.78, 5) is 0. The third-order valence-electron chi connectivity index (χ3n) is 3.16. The predicted molar refractivity (Wildman–Crippen MR) is 93.2 cm³/mol. The number of aromatic nitrogens is 3. The van der Waals surface area contributed by atoms with Crippen LogP contribution in [-0.2, 0) is 6.42 Å². The molecule has 2 aromatic rings. The Hall–Kier alpha value is -2.15. The van der Waals surface area contributed by atoms with Crippen molar-refractivity contribution in [1.82, 2.24) is 14.9 Å². The van der Waals surface area contributed by atoms with Crippen LogP contribution in [-0.4, -0.2) is 34.8 Å². The van der Waals surface area contributed by atoms with Crippen LogP contribution in [0.1, 0.15) is 38.1 Å². The molecule has 1 heterocycles. The van der Waals surface area contributed by atoms with Crippen LogP contribution in [0.2, 0.25) is 0 Å². The smallest absolute Gasteiger partial charge is 0.216 e. The minimum absolute atomic E-state index is 0.486. The van der Waals surface area contributed by atoms with Crippen molar-refractivity contribution in [3.05, 3.63) is 34.4 Å². The van der Waals surface area contributed by atoms with E-state index in [9.17, 15) is 0 Å². The monoisotopic (exact) mass is 334 g/mol. The minimum atomic E-state index is 0.486. The van der Waals surface area contributed by atoms with E-state index < -0.39 is 0 Å². The molecular formula is C16H22N4O2S. The number of nitrogens with zero attached hydrogens (tertiary/aromatic N) is 3. The van der Waals surface area contributed by atoms with Crippen LogP contribution in [0.5, 0.6) is 11.5 Å². The SMILES string of the molecule is CCCOc1ccc(/C=N/n2c(CCC)n[nH]c2=S)cc1OC. The molecule has 124 valence electrons. The lowest BCUT2D eigenvalue weighted by Crippen LogP contribution is -2.00. The maximum Gasteiger partial charge on any atom is 0.216 e. The van der Waals surface area contributed by atoms with E-state index in [0.29, 0.717) is 17.1 Å². The van der Waals surface area contributed by atoms with Gasteiger partial charge < -0.3 is 9.47 Å². The highest BCUT2D eigenvalue weighted by atomic mass is 32.1. The molecule has 1 aromatic heterocycles. The first-order valence-corrected chi connectivity index (χ1v) is 8.11. The van der Waals surface area contributed by atoms with E-state index in [1.165, 1.54) is 0 Å². The highest BCUT2D eigenvalue weighted by Crippen LogP contribution is 2.27. The zero-order valence-corrected chi connectivity index (χ0v) is 14.5. The van der Waals surface area contributed by atoms with Gasteiger partial charge in [-0.2, -0.15) is 14.9 Å². The molecule has 23 heavy (non-hydrogen) atoms. The quantitative estimate of drug-likeness (QED) is 0.592. The summed E-state index contributed by atoms with van der Waals surface area (Å²) in [6.07, 6.45) is 4.48. The molecule has 0 fully saturated rings. The van der Waals surface area contributed by atoms with Gasteiger partial charge in [-0.1, -0.05) is 13.8 Å². The molecule has 1 aromatic carbocycles. The van der Waals surface area contributed by atoms with Crippen LogP contribution >= 0.6 is 12.2 Å². The summed E-state index contributed by atoms with van der Waals surface area (Å²) in [5.41, 5.74) is 0.899. The van der Waals surface area contributed by atoms with Gasteiger partial charge in [0, 0.05) is 6.42 Å². The van der Waals surface area contributed by atoms with Crippen molar-refractivity contribution in [3.63, 3.8) is 0 Å². The number of nitrogens with one attached hydrogen (secondary N) is 1. The van der Waals surface area contributed by atoms with Gasteiger partial charge in [0.15, 0.2) is 17.3 Å².